The first-order chi connectivity index (χ1) is 12.1. The summed E-state index contributed by atoms with van der Waals surface area (Å²) in [6, 6.07) is 5.93. The van der Waals surface area contributed by atoms with E-state index in [1.165, 1.54) is 0 Å². The van der Waals surface area contributed by atoms with E-state index >= 15 is 0 Å². The third-order valence-electron chi connectivity index (χ3n) is 3.62. The highest BCUT2D eigenvalue weighted by Crippen LogP contribution is 2.28. The van der Waals surface area contributed by atoms with Gasteiger partial charge in [-0.2, -0.15) is 0 Å². The number of aliphatic imine (C=N–C) groups is 1. The predicted molar refractivity (Wildman–Crippen MR) is 103 cm³/mol. The highest BCUT2D eigenvalue weighted by Gasteiger charge is 2.10. The molecule has 1 N–H and O–H groups in total. The molecule has 0 radical (unpaired) electrons. The molecule has 0 saturated carbocycles. The first kappa shape index (κ1) is 19.1. The lowest BCUT2D eigenvalue weighted by Gasteiger charge is -2.21. The smallest absolute Gasteiger partial charge is 0.194 e. The van der Waals surface area contributed by atoms with Crippen LogP contribution in [-0.4, -0.2) is 43.7 Å². The van der Waals surface area contributed by atoms with Crippen molar-refractivity contribution < 1.29 is 9.47 Å². The molecule has 7 heteroatoms. The summed E-state index contributed by atoms with van der Waals surface area (Å²) < 4.78 is 11.0. The van der Waals surface area contributed by atoms with Crippen LogP contribution in [0.1, 0.15) is 23.2 Å². The monoisotopic (exact) mass is 362 g/mol. The third-order valence-corrected chi connectivity index (χ3v) is 4.44. The molecule has 0 aliphatic rings. The molecule has 0 amide bonds. The van der Waals surface area contributed by atoms with Crippen LogP contribution in [0.4, 0.5) is 0 Å². The largest absolute Gasteiger partial charge is 0.493 e. The van der Waals surface area contributed by atoms with E-state index in [1.807, 2.05) is 39.1 Å². The second-order valence-electron chi connectivity index (χ2n) is 5.53. The van der Waals surface area contributed by atoms with E-state index in [0.717, 1.165) is 40.3 Å². The number of hydrogen-bond acceptors (Lipinski definition) is 5. The SMILES string of the molecule is CCOc1cc(CNC(=NC)N(C)Cc2csc(C)n2)ccc1OC. The summed E-state index contributed by atoms with van der Waals surface area (Å²) in [4.78, 5) is 10.9. The van der Waals surface area contributed by atoms with Gasteiger partial charge in [0.05, 0.1) is 31.0 Å². The molecular formula is C18H26N4O2S. The van der Waals surface area contributed by atoms with Crippen LogP contribution in [0.5, 0.6) is 11.5 Å². The van der Waals surface area contributed by atoms with Crippen molar-refractivity contribution in [3.8, 4) is 11.5 Å². The molecule has 25 heavy (non-hydrogen) atoms. The maximum absolute atomic E-state index is 5.63. The Morgan fingerprint density at radius 2 is 2.16 bits per heavy atom. The Bertz CT molecular complexity index is 715. The Morgan fingerprint density at radius 1 is 1.36 bits per heavy atom. The maximum Gasteiger partial charge on any atom is 0.194 e. The fourth-order valence-electron chi connectivity index (χ4n) is 2.46. The maximum atomic E-state index is 5.63. The standard InChI is InChI=1S/C18H26N4O2S/c1-6-24-17-9-14(7-8-16(17)23-5)10-20-18(19-3)22(4)11-15-12-25-13(2)21-15/h7-9,12H,6,10-11H2,1-5H3,(H,19,20). The van der Waals surface area contributed by atoms with E-state index < -0.39 is 0 Å². The van der Waals surface area contributed by atoms with Crippen molar-refractivity contribution in [1.82, 2.24) is 15.2 Å². The van der Waals surface area contributed by atoms with Crippen LogP contribution in [0.3, 0.4) is 0 Å². The van der Waals surface area contributed by atoms with Crippen LogP contribution in [-0.2, 0) is 13.1 Å². The van der Waals surface area contributed by atoms with Gasteiger partial charge < -0.3 is 19.7 Å². The van der Waals surface area contributed by atoms with Crippen molar-refractivity contribution in [2.75, 3.05) is 27.8 Å². The Kier molecular flexibility index (Phi) is 7.06. The lowest BCUT2D eigenvalue weighted by molar-refractivity contribution is 0.310. The summed E-state index contributed by atoms with van der Waals surface area (Å²) in [5.41, 5.74) is 2.15. The number of aromatic nitrogens is 1. The molecule has 0 aliphatic heterocycles. The number of methoxy groups -OCH3 is 1. The number of guanidine groups is 1. The van der Waals surface area contributed by atoms with Crippen molar-refractivity contribution in [3.05, 3.63) is 39.8 Å². The fourth-order valence-corrected chi connectivity index (χ4v) is 3.07. The van der Waals surface area contributed by atoms with Gasteiger partial charge in [0.25, 0.3) is 0 Å². The van der Waals surface area contributed by atoms with Gasteiger partial charge in [0.15, 0.2) is 17.5 Å². The zero-order valence-electron chi connectivity index (χ0n) is 15.5. The van der Waals surface area contributed by atoms with Gasteiger partial charge in [-0.1, -0.05) is 6.07 Å². The molecule has 0 spiro atoms. The van der Waals surface area contributed by atoms with Crippen molar-refractivity contribution >= 4 is 17.3 Å². The number of benzene rings is 1. The highest BCUT2D eigenvalue weighted by molar-refractivity contribution is 7.09. The van der Waals surface area contributed by atoms with Crippen LogP contribution in [0, 0.1) is 6.92 Å². The summed E-state index contributed by atoms with van der Waals surface area (Å²) in [7, 11) is 5.43. The Morgan fingerprint density at radius 3 is 2.76 bits per heavy atom. The molecule has 1 aromatic carbocycles. The molecular weight excluding hydrogens is 336 g/mol. The summed E-state index contributed by atoms with van der Waals surface area (Å²) in [5, 5.41) is 6.53. The van der Waals surface area contributed by atoms with Gasteiger partial charge in [0, 0.05) is 26.0 Å². The second-order valence-corrected chi connectivity index (χ2v) is 6.60. The molecule has 2 rings (SSSR count). The topological polar surface area (TPSA) is 59.0 Å². The number of aryl methyl sites for hydroxylation is 1. The minimum atomic E-state index is 0.602. The van der Waals surface area contributed by atoms with Crippen molar-refractivity contribution in [1.29, 1.82) is 0 Å². The van der Waals surface area contributed by atoms with Crippen LogP contribution in [0.2, 0.25) is 0 Å². The first-order valence-corrected chi connectivity index (χ1v) is 9.07. The molecule has 0 unspecified atom stereocenters. The van der Waals surface area contributed by atoms with Gasteiger partial charge >= 0.3 is 0 Å². The second kappa shape index (κ2) is 9.27. The molecule has 0 bridgehead atoms. The van der Waals surface area contributed by atoms with Crippen molar-refractivity contribution in [2.45, 2.75) is 26.9 Å². The third kappa shape index (κ3) is 5.35. The molecule has 0 atom stereocenters. The first-order valence-electron chi connectivity index (χ1n) is 8.19. The van der Waals surface area contributed by atoms with E-state index in [9.17, 15) is 0 Å². The van der Waals surface area contributed by atoms with Crippen molar-refractivity contribution in [3.63, 3.8) is 0 Å². The number of hydrogen-bond donors (Lipinski definition) is 1. The summed E-state index contributed by atoms with van der Waals surface area (Å²) in [5.74, 6) is 2.32. The number of nitrogens with zero attached hydrogens (tertiary/aromatic N) is 3. The van der Waals surface area contributed by atoms with Gasteiger partial charge in [0.1, 0.15) is 0 Å². The highest BCUT2D eigenvalue weighted by atomic mass is 32.1. The summed E-state index contributed by atoms with van der Waals surface area (Å²) in [6.07, 6.45) is 0. The molecule has 1 heterocycles. The molecule has 0 aliphatic carbocycles. The van der Waals surface area contributed by atoms with E-state index in [2.05, 4.69) is 25.6 Å². The Labute approximate surface area is 153 Å². The van der Waals surface area contributed by atoms with E-state index in [-0.39, 0.29) is 0 Å². The Hall–Kier alpha value is -2.28. The van der Waals surface area contributed by atoms with Gasteiger partial charge in [-0.15, -0.1) is 11.3 Å². The fraction of sp³-hybridized carbons (Fsp3) is 0.444. The van der Waals surface area contributed by atoms with Crippen LogP contribution in [0.15, 0.2) is 28.6 Å². The molecule has 6 nitrogen and oxygen atoms in total. The van der Waals surface area contributed by atoms with Crippen molar-refractivity contribution in [2.24, 2.45) is 4.99 Å². The average Bonchev–Trinajstić information content (AvgIpc) is 3.01. The number of rotatable bonds is 7. The number of nitrogens with one attached hydrogen (secondary N) is 1. The zero-order chi connectivity index (χ0) is 18.2. The van der Waals surface area contributed by atoms with E-state index in [1.54, 1.807) is 25.5 Å². The summed E-state index contributed by atoms with van der Waals surface area (Å²) >= 11 is 1.66. The van der Waals surface area contributed by atoms with Crippen LogP contribution in [0.25, 0.3) is 0 Å². The minimum absolute atomic E-state index is 0.602. The van der Waals surface area contributed by atoms with Crippen LogP contribution < -0.4 is 14.8 Å². The van der Waals surface area contributed by atoms with E-state index in [4.69, 9.17) is 9.47 Å². The lowest BCUT2D eigenvalue weighted by Crippen LogP contribution is -2.38. The van der Waals surface area contributed by atoms with Crippen LogP contribution >= 0.6 is 11.3 Å². The molecule has 0 fully saturated rings. The number of thiazole rings is 1. The molecule has 2 aromatic rings. The number of ether oxygens (including phenoxy) is 2. The molecule has 0 saturated heterocycles. The average molecular weight is 362 g/mol. The lowest BCUT2D eigenvalue weighted by atomic mass is 10.2. The quantitative estimate of drug-likeness (QED) is 0.606. The summed E-state index contributed by atoms with van der Waals surface area (Å²) in [6.45, 7) is 5.95. The minimum Gasteiger partial charge on any atom is -0.493 e. The van der Waals surface area contributed by atoms with Gasteiger partial charge in [-0.25, -0.2) is 4.98 Å². The van der Waals surface area contributed by atoms with Gasteiger partial charge in [-0.05, 0) is 31.5 Å². The van der Waals surface area contributed by atoms with E-state index in [0.29, 0.717) is 13.2 Å². The zero-order valence-corrected chi connectivity index (χ0v) is 16.3. The molecule has 136 valence electrons. The van der Waals surface area contributed by atoms with Gasteiger partial charge in [-0.3, -0.25) is 4.99 Å². The Balaban J connectivity index is 1.99. The normalized spacial score (nSPS) is 11.3. The molecule has 1 aromatic heterocycles. The van der Waals surface area contributed by atoms with Gasteiger partial charge in [0.2, 0.25) is 0 Å². The predicted octanol–water partition coefficient (Wildman–Crippen LogP) is 3.07.